The summed E-state index contributed by atoms with van der Waals surface area (Å²) in [5.74, 6) is 0.760. The molecular weight excluding hydrogens is 388 g/mol. The van der Waals surface area contributed by atoms with Crippen molar-refractivity contribution in [3.8, 4) is 0 Å². The Kier molecular flexibility index (Phi) is 6.77. The van der Waals surface area contributed by atoms with Crippen molar-refractivity contribution >= 4 is 22.6 Å². The lowest BCUT2D eigenvalue weighted by Crippen LogP contribution is -2.56. The number of rotatable bonds is 5. The molecule has 31 heavy (non-hydrogen) atoms. The van der Waals surface area contributed by atoms with Gasteiger partial charge in [0, 0.05) is 51.8 Å². The number of aromatic nitrogens is 1. The fraction of sp³-hybridized carbons (Fsp3) is 0.600. The summed E-state index contributed by atoms with van der Waals surface area (Å²) < 4.78 is 5.92. The van der Waals surface area contributed by atoms with E-state index in [2.05, 4.69) is 29.3 Å². The summed E-state index contributed by atoms with van der Waals surface area (Å²) in [6, 6.07) is 9.17. The van der Waals surface area contributed by atoms with Gasteiger partial charge in [0.1, 0.15) is 5.82 Å². The molecule has 2 atom stereocenters. The van der Waals surface area contributed by atoms with E-state index in [9.17, 15) is 4.79 Å². The number of pyridine rings is 1. The van der Waals surface area contributed by atoms with Crippen LogP contribution in [-0.2, 0) is 4.74 Å². The van der Waals surface area contributed by atoms with E-state index in [0.29, 0.717) is 17.6 Å². The van der Waals surface area contributed by atoms with Crippen LogP contribution in [0, 0.1) is 6.92 Å². The molecule has 1 saturated carbocycles. The lowest BCUT2D eigenvalue weighted by Gasteiger charge is -2.41. The van der Waals surface area contributed by atoms with Gasteiger partial charge >= 0.3 is 0 Å². The van der Waals surface area contributed by atoms with Crippen LogP contribution in [0.2, 0.25) is 0 Å². The number of benzene rings is 1. The van der Waals surface area contributed by atoms with Gasteiger partial charge in [0.15, 0.2) is 0 Å². The molecule has 1 aromatic carbocycles. The first-order valence-electron chi connectivity index (χ1n) is 11.6. The van der Waals surface area contributed by atoms with Gasteiger partial charge < -0.3 is 19.9 Å². The van der Waals surface area contributed by atoms with E-state index in [-0.39, 0.29) is 12.0 Å². The second-order valence-corrected chi connectivity index (χ2v) is 9.37. The minimum absolute atomic E-state index is 0.0117. The number of carbonyl (C=O) groups excluding carboxylic acids is 1. The molecule has 6 nitrogen and oxygen atoms in total. The number of anilines is 1. The van der Waals surface area contributed by atoms with Gasteiger partial charge in [-0.3, -0.25) is 4.79 Å². The number of amides is 1. The molecule has 2 fully saturated rings. The van der Waals surface area contributed by atoms with Crippen LogP contribution in [0.4, 0.5) is 5.82 Å². The highest BCUT2D eigenvalue weighted by molar-refractivity contribution is 6.02. The van der Waals surface area contributed by atoms with Gasteiger partial charge in [0.25, 0.3) is 5.91 Å². The van der Waals surface area contributed by atoms with Crippen molar-refractivity contribution in [3.63, 3.8) is 0 Å². The van der Waals surface area contributed by atoms with Crippen LogP contribution >= 0.6 is 0 Å². The van der Waals surface area contributed by atoms with Crippen LogP contribution in [0.25, 0.3) is 10.9 Å². The summed E-state index contributed by atoms with van der Waals surface area (Å²) in [5, 5.41) is 4.88. The number of carbonyl (C=O) groups is 1. The van der Waals surface area contributed by atoms with Crippen LogP contribution in [0.5, 0.6) is 0 Å². The zero-order valence-electron chi connectivity index (χ0n) is 19.4. The number of aryl methyl sites for hydroxylation is 1. The molecule has 0 bridgehead atoms. The van der Waals surface area contributed by atoms with Crippen LogP contribution < -0.4 is 10.2 Å². The fourth-order valence-corrected chi connectivity index (χ4v) is 5.04. The monoisotopic (exact) mass is 424 g/mol. The summed E-state index contributed by atoms with van der Waals surface area (Å²) in [6.07, 6.45) is 7.61. The molecule has 0 radical (unpaired) electrons. The second-order valence-electron chi connectivity index (χ2n) is 9.37. The maximum Gasteiger partial charge on any atom is 0.257 e. The topological polar surface area (TPSA) is 57.7 Å². The molecule has 1 amide bonds. The smallest absolute Gasteiger partial charge is 0.257 e. The summed E-state index contributed by atoms with van der Waals surface area (Å²) >= 11 is 0. The van der Waals surface area contributed by atoms with E-state index in [1.165, 1.54) is 37.7 Å². The SMILES string of the molecule is COC1CN(c2nc3ccc(C)cc3cc2C(=O)N(C)C)CCC1NC1CCCCC1. The Morgan fingerprint density at radius 3 is 2.65 bits per heavy atom. The van der Waals surface area contributed by atoms with Crippen molar-refractivity contribution in [2.45, 2.75) is 63.6 Å². The summed E-state index contributed by atoms with van der Waals surface area (Å²) in [6.45, 7) is 3.66. The molecule has 4 rings (SSSR count). The quantitative estimate of drug-likeness (QED) is 0.792. The molecule has 168 valence electrons. The summed E-state index contributed by atoms with van der Waals surface area (Å²) in [4.78, 5) is 21.9. The maximum atomic E-state index is 13.0. The lowest BCUT2D eigenvalue weighted by molar-refractivity contribution is 0.0532. The van der Waals surface area contributed by atoms with E-state index < -0.39 is 0 Å². The highest BCUT2D eigenvalue weighted by Crippen LogP contribution is 2.29. The van der Waals surface area contributed by atoms with Gasteiger partial charge in [-0.2, -0.15) is 0 Å². The van der Waals surface area contributed by atoms with Gasteiger partial charge in [-0.15, -0.1) is 0 Å². The Labute approximate surface area is 186 Å². The van der Waals surface area contributed by atoms with Crippen LogP contribution in [0.1, 0.15) is 54.4 Å². The Bertz CT molecular complexity index is 923. The molecular formula is C25H36N4O2. The fourth-order valence-electron chi connectivity index (χ4n) is 5.04. The van der Waals surface area contributed by atoms with Gasteiger partial charge in [0.2, 0.25) is 0 Å². The van der Waals surface area contributed by atoms with E-state index >= 15 is 0 Å². The van der Waals surface area contributed by atoms with Crippen LogP contribution in [0.15, 0.2) is 24.3 Å². The second kappa shape index (κ2) is 9.53. The third-order valence-corrected chi connectivity index (χ3v) is 6.80. The molecule has 2 aliphatic rings. The average Bonchev–Trinajstić information content (AvgIpc) is 2.78. The van der Waals surface area contributed by atoms with Gasteiger partial charge in [-0.05, 0) is 44.4 Å². The number of fused-ring (bicyclic) bond motifs is 1. The Morgan fingerprint density at radius 2 is 1.94 bits per heavy atom. The van der Waals surface area contributed by atoms with Crippen molar-refractivity contribution in [3.05, 3.63) is 35.4 Å². The van der Waals surface area contributed by atoms with Crippen molar-refractivity contribution in [2.75, 3.05) is 39.2 Å². The first-order valence-corrected chi connectivity index (χ1v) is 11.6. The standard InChI is InChI=1S/C25H36N4O2/c1-17-10-11-21-18(14-17)15-20(25(30)28(2)3)24(27-21)29-13-12-22(23(16-29)31-4)26-19-8-6-5-7-9-19/h10-11,14-15,19,22-23,26H,5-9,12-13,16H2,1-4H3. The minimum Gasteiger partial charge on any atom is -0.378 e. The van der Waals surface area contributed by atoms with Crippen LogP contribution in [0.3, 0.4) is 0 Å². The number of piperidine rings is 1. The number of hydrogen-bond donors (Lipinski definition) is 1. The van der Waals surface area contributed by atoms with Gasteiger partial charge in [-0.1, -0.05) is 30.9 Å². The molecule has 1 aromatic heterocycles. The minimum atomic E-state index is -0.0117. The molecule has 2 unspecified atom stereocenters. The predicted octanol–water partition coefficient (Wildman–Crippen LogP) is 3.76. The number of nitrogens with zero attached hydrogens (tertiary/aromatic N) is 3. The van der Waals surface area contributed by atoms with Crippen molar-refractivity contribution < 1.29 is 9.53 Å². The van der Waals surface area contributed by atoms with E-state index in [0.717, 1.165) is 36.2 Å². The van der Waals surface area contributed by atoms with E-state index in [4.69, 9.17) is 9.72 Å². The molecule has 6 heteroatoms. The highest BCUT2D eigenvalue weighted by atomic mass is 16.5. The van der Waals surface area contributed by atoms with E-state index in [1.807, 2.05) is 12.1 Å². The first kappa shape index (κ1) is 22.0. The molecule has 2 aromatic rings. The van der Waals surface area contributed by atoms with Gasteiger partial charge in [0.05, 0.1) is 17.2 Å². The molecule has 0 spiro atoms. The van der Waals surface area contributed by atoms with Crippen molar-refractivity contribution in [2.24, 2.45) is 0 Å². The average molecular weight is 425 g/mol. The predicted molar refractivity (Wildman–Crippen MR) is 126 cm³/mol. The molecule has 1 aliphatic carbocycles. The highest BCUT2D eigenvalue weighted by Gasteiger charge is 2.33. The lowest BCUT2D eigenvalue weighted by atomic mass is 9.92. The summed E-state index contributed by atoms with van der Waals surface area (Å²) in [5.41, 5.74) is 2.75. The van der Waals surface area contributed by atoms with Crippen molar-refractivity contribution in [1.82, 2.24) is 15.2 Å². The zero-order valence-corrected chi connectivity index (χ0v) is 19.4. The Morgan fingerprint density at radius 1 is 1.16 bits per heavy atom. The Hall–Kier alpha value is -2.18. The first-order chi connectivity index (χ1) is 15.0. The molecule has 1 aliphatic heterocycles. The zero-order chi connectivity index (χ0) is 22.0. The number of nitrogens with one attached hydrogen (secondary N) is 1. The summed E-state index contributed by atoms with van der Waals surface area (Å²) in [7, 11) is 5.39. The molecule has 1 N–H and O–H groups in total. The normalized spacial score (nSPS) is 22.6. The Balaban J connectivity index is 1.60. The number of methoxy groups -OCH3 is 1. The molecule has 2 heterocycles. The molecule has 1 saturated heterocycles. The maximum absolute atomic E-state index is 13.0. The van der Waals surface area contributed by atoms with E-state index in [1.54, 1.807) is 26.1 Å². The third kappa shape index (κ3) is 4.85. The van der Waals surface area contributed by atoms with Crippen LogP contribution in [-0.4, -0.2) is 68.3 Å². The number of hydrogen-bond acceptors (Lipinski definition) is 5. The van der Waals surface area contributed by atoms with Gasteiger partial charge in [-0.25, -0.2) is 4.98 Å². The number of ether oxygens (including phenoxy) is 1. The van der Waals surface area contributed by atoms with Crippen molar-refractivity contribution in [1.29, 1.82) is 0 Å². The largest absolute Gasteiger partial charge is 0.378 e. The third-order valence-electron chi connectivity index (χ3n) is 6.80.